The van der Waals surface area contributed by atoms with Gasteiger partial charge in [-0.3, -0.25) is 0 Å². The van der Waals surface area contributed by atoms with Crippen molar-refractivity contribution in [3.8, 4) is 0 Å². The molecule has 0 amide bonds. The van der Waals surface area contributed by atoms with E-state index >= 15 is 0 Å². The monoisotopic (exact) mass is 280 g/mol. The summed E-state index contributed by atoms with van der Waals surface area (Å²) in [6, 6.07) is 6.32. The highest BCUT2D eigenvalue weighted by molar-refractivity contribution is 5.87. The van der Waals surface area contributed by atoms with E-state index in [0.717, 1.165) is 0 Å². The summed E-state index contributed by atoms with van der Waals surface area (Å²) in [4.78, 5) is 31.5. The van der Waals surface area contributed by atoms with Crippen molar-refractivity contribution in [3.05, 3.63) is 47.5 Å². The quantitative estimate of drug-likeness (QED) is 0.258. The summed E-state index contributed by atoms with van der Waals surface area (Å²) in [6.07, 6.45) is 0. The van der Waals surface area contributed by atoms with Gasteiger partial charge in [0, 0.05) is 5.57 Å². The molecule has 0 atom stereocenters. The van der Waals surface area contributed by atoms with Gasteiger partial charge in [-0.25, -0.2) is 19.4 Å². The largest absolute Gasteiger partial charge is 0.478 e. The number of ether oxygens (including phenoxy) is 1. The zero-order valence-electron chi connectivity index (χ0n) is 11.1. The molecule has 0 aliphatic heterocycles. The lowest BCUT2D eigenvalue weighted by atomic mass is 10.1. The summed E-state index contributed by atoms with van der Waals surface area (Å²) in [5.74, 6) is -1.48. The third-order valence-electron chi connectivity index (χ3n) is 2.23. The number of carboxylic acids is 1. The fourth-order valence-corrected chi connectivity index (χ4v) is 1.25. The maximum absolute atomic E-state index is 11.0. The third-order valence-corrected chi connectivity index (χ3v) is 2.23. The highest BCUT2D eigenvalue weighted by Gasteiger charge is 2.04. The second kappa shape index (κ2) is 8.08. The minimum absolute atomic E-state index is 0.0564. The number of hydrogen-bond acceptors (Lipinski definition) is 5. The Balaban J connectivity index is 2.21. The second-order valence-electron chi connectivity index (χ2n) is 4.01. The Morgan fingerprint density at radius 3 is 2.65 bits per heavy atom. The lowest BCUT2D eigenvalue weighted by molar-refractivity contribution is -0.307. The van der Waals surface area contributed by atoms with Crippen LogP contribution >= 0.6 is 0 Å². The van der Waals surface area contributed by atoms with E-state index in [1.54, 1.807) is 19.1 Å². The smallest absolute Gasteiger partial charge is 0.335 e. The van der Waals surface area contributed by atoms with Gasteiger partial charge in [-0.1, -0.05) is 18.7 Å². The number of carbonyl (C=O) groups is 2. The molecule has 108 valence electrons. The highest BCUT2D eigenvalue weighted by atomic mass is 17.2. The Morgan fingerprint density at radius 1 is 1.25 bits per heavy atom. The average molecular weight is 280 g/mol. The maximum atomic E-state index is 11.0. The first kappa shape index (κ1) is 15.9. The van der Waals surface area contributed by atoms with Crippen LogP contribution < -0.4 is 0 Å². The van der Waals surface area contributed by atoms with E-state index in [-0.39, 0.29) is 25.4 Å². The predicted molar refractivity (Wildman–Crippen MR) is 69.9 cm³/mol. The van der Waals surface area contributed by atoms with E-state index < -0.39 is 11.9 Å². The fourth-order valence-electron chi connectivity index (χ4n) is 1.25. The van der Waals surface area contributed by atoms with Crippen molar-refractivity contribution in [3.63, 3.8) is 0 Å². The minimum Gasteiger partial charge on any atom is -0.478 e. The van der Waals surface area contributed by atoms with E-state index in [0.29, 0.717) is 11.1 Å². The van der Waals surface area contributed by atoms with E-state index in [9.17, 15) is 9.59 Å². The minimum atomic E-state index is -1.00. The first-order chi connectivity index (χ1) is 9.50. The van der Waals surface area contributed by atoms with E-state index in [2.05, 4.69) is 6.58 Å². The van der Waals surface area contributed by atoms with Gasteiger partial charge in [0.2, 0.25) is 0 Å². The Hall–Kier alpha value is -2.18. The van der Waals surface area contributed by atoms with Gasteiger partial charge in [0.1, 0.15) is 19.8 Å². The van der Waals surface area contributed by atoms with Crippen LogP contribution in [0.5, 0.6) is 0 Å². The van der Waals surface area contributed by atoms with Crippen LogP contribution in [-0.4, -0.2) is 30.3 Å². The van der Waals surface area contributed by atoms with Crippen molar-refractivity contribution in [1.82, 2.24) is 0 Å². The maximum Gasteiger partial charge on any atom is 0.335 e. The van der Waals surface area contributed by atoms with Crippen molar-refractivity contribution in [2.24, 2.45) is 0 Å². The molecular formula is C14H16O6. The molecule has 1 aromatic carbocycles. The first-order valence-electron chi connectivity index (χ1n) is 5.90. The molecule has 0 saturated heterocycles. The number of carbonyl (C=O) groups excluding carboxylic acids is 1. The summed E-state index contributed by atoms with van der Waals surface area (Å²) in [6.45, 7) is 5.23. The Bertz CT molecular complexity index is 494. The molecule has 0 radical (unpaired) electrons. The van der Waals surface area contributed by atoms with Gasteiger partial charge in [-0.15, -0.1) is 0 Å². The normalized spacial score (nSPS) is 10.1. The molecule has 6 nitrogen and oxygen atoms in total. The van der Waals surface area contributed by atoms with Gasteiger partial charge >= 0.3 is 11.9 Å². The van der Waals surface area contributed by atoms with Crippen LogP contribution in [0.25, 0.3) is 0 Å². The summed E-state index contributed by atoms with van der Waals surface area (Å²) in [5, 5.41) is 8.82. The van der Waals surface area contributed by atoms with Crippen molar-refractivity contribution in [1.29, 1.82) is 0 Å². The SMILES string of the molecule is C=C(C)C(=O)OCCOOCc1cccc(C(=O)O)c1. The molecule has 0 spiro atoms. The van der Waals surface area contributed by atoms with Gasteiger partial charge in [-0.2, -0.15) is 0 Å². The van der Waals surface area contributed by atoms with E-state index in [1.807, 2.05) is 0 Å². The van der Waals surface area contributed by atoms with Crippen molar-refractivity contribution in [2.75, 3.05) is 13.2 Å². The second-order valence-corrected chi connectivity index (χ2v) is 4.01. The summed E-state index contributed by atoms with van der Waals surface area (Å²) >= 11 is 0. The van der Waals surface area contributed by atoms with Gasteiger partial charge in [0.05, 0.1) is 5.56 Å². The van der Waals surface area contributed by atoms with Crippen LogP contribution in [0.3, 0.4) is 0 Å². The van der Waals surface area contributed by atoms with Crippen LogP contribution in [0.2, 0.25) is 0 Å². The molecular weight excluding hydrogens is 264 g/mol. The fraction of sp³-hybridized carbons (Fsp3) is 0.286. The first-order valence-corrected chi connectivity index (χ1v) is 5.90. The van der Waals surface area contributed by atoms with Gasteiger partial charge in [0.25, 0.3) is 0 Å². The van der Waals surface area contributed by atoms with Crippen LogP contribution in [0, 0.1) is 0 Å². The van der Waals surface area contributed by atoms with Crippen LogP contribution in [0.15, 0.2) is 36.4 Å². The number of esters is 1. The van der Waals surface area contributed by atoms with E-state index in [4.69, 9.17) is 19.6 Å². The molecule has 1 rings (SSSR count). The average Bonchev–Trinajstić information content (AvgIpc) is 2.42. The van der Waals surface area contributed by atoms with Gasteiger partial charge in [-0.05, 0) is 24.6 Å². The van der Waals surface area contributed by atoms with Crippen LogP contribution in [0.1, 0.15) is 22.8 Å². The summed E-state index contributed by atoms with van der Waals surface area (Å²) in [7, 11) is 0. The Morgan fingerprint density at radius 2 is 2.00 bits per heavy atom. The molecule has 0 aliphatic rings. The zero-order valence-corrected chi connectivity index (χ0v) is 11.1. The number of benzene rings is 1. The van der Waals surface area contributed by atoms with Crippen molar-refractivity contribution < 1.29 is 29.2 Å². The van der Waals surface area contributed by atoms with Crippen LogP contribution in [-0.2, 0) is 25.9 Å². The lowest BCUT2D eigenvalue weighted by Crippen LogP contribution is -2.11. The summed E-state index contributed by atoms with van der Waals surface area (Å²) < 4.78 is 4.79. The molecule has 0 aliphatic carbocycles. The van der Waals surface area contributed by atoms with Crippen LogP contribution in [0.4, 0.5) is 0 Å². The van der Waals surface area contributed by atoms with Crippen molar-refractivity contribution in [2.45, 2.75) is 13.5 Å². The zero-order chi connectivity index (χ0) is 15.0. The molecule has 1 aromatic rings. The summed E-state index contributed by atoms with van der Waals surface area (Å²) in [5.41, 5.74) is 1.17. The molecule has 1 N–H and O–H groups in total. The standard InChI is InChI=1S/C14H16O6/c1-10(2)14(17)18-6-7-19-20-9-11-4-3-5-12(8-11)13(15)16/h3-5,8H,1,6-7,9H2,2H3,(H,15,16). The molecule has 0 bridgehead atoms. The molecule has 0 heterocycles. The molecule has 0 saturated carbocycles. The molecule has 0 fully saturated rings. The highest BCUT2D eigenvalue weighted by Crippen LogP contribution is 2.06. The number of hydrogen-bond donors (Lipinski definition) is 1. The number of aromatic carboxylic acids is 1. The molecule has 6 heteroatoms. The lowest BCUT2D eigenvalue weighted by Gasteiger charge is -2.06. The molecule has 0 unspecified atom stereocenters. The Labute approximate surface area is 116 Å². The predicted octanol–water partition coefficient (Wildman–Crippen LogP) is 1.95. The van der Waals surface area contributed by atoms with Gasteiger partial charge in [0.15, 0.2) is 0 Å². The number of carboxylic acid groups (broad SMARTS) is 1. The van der Waals surface area contributed by atoms with Gasteiger partial charge < -0.3 is 9.84 Å². The molecule has 0 aromatic heterocycles. The Kier molecular flexibility index (Phi) is 6.42. The topological polar surface area (TPSA) is 82.1 Å². The molecule has 20 heavy (non-hydrogen) atoms. The van der Waals surface area contributed by atoms with Crippen molar-refractivity contribution >= 4 is 11.9 Å². The van der Waals surface area contributed by atoms with E-state index in [1.165, 1.54) is 12.1 Å². The third kappa shape index (κ3) is 5.64. The number of rotatable bonds is 8.